The summed E-state index contributed by atoms with van der Waals surface area (Å²) in [6.45, 7) is 1.95. The molecule has 0 amide bonds. The molecule has 3 rings (SSSR count). The van der Waals surface area contributed by atoms with Gasteiger partial charge in [0.1, 0.15) is 11.9 Å². The number of halogens is 1. The Morgan fingerprint density at radius 1 is 1.44 bits per heavy atom. The Hall–Kier alpha value is -0.770. The average Bonchev–Trinajstić information content (AvgIpc) is 2.97. The molecule has 1 aliphatic heterocycles. The zero-order valence-electron chi connectivity index (χ0n) is 10.7. The molecule has 1 aromatic carbocycles. The van der Waals surface area contributed by atoms with Gasteiger partial charge >= 0.3 is 0 Å². The van der Waals surface area contributed by atoms with Crippen molar-refractivity contribution in [3.63, 3.8) is 0 Å². The van der Waals surface area contributed by atoms with Gasteiger partial charge in [-0.3, -0.25) is 4.90 Å². The van der Waals surface area contributed by atoms with Gasteiger partial charge in [0.05, 0.1) is 5.02 Å². The van der Waals surface area contributed by atoms with Crippen molar-refractivity contribution >= 4 is 11.6 Å². The first kappa shape index (κ1) is 12.3. The second-order valence-electron chi connectivity index (χ2n) is 5.76. The molecule has 1 heterocycles. The van der Waals surface area contributed by atoms with Crippen LogP contribution in [0.5, 0.6) is 5.75 Å². The smallest absolute Gasteiger partial charge is 0.138 e. The summed E-state index contributed by atoms with van der Waals surface area (Å²) in [5, 5.41) is 0.700. The lowest BCUT2D eigenvalue weighted by Crippen LogP contribution is -2.51. The Morgan fingerprint density at radius 3 is 2.72 bits per heavy atom. The maximum atomic E-state index is 6.26. The Bertz CT molecular complexity index is 453. The van der Waals surface area contributed by atoms with E-state index < -0.39 is 0 Å². The topological polar surface area (TPSA) is 38.5 Å². The third-order valence-corrected chi connectivity index (χ3v) is 4.06. The van der Waals surface area contributed by atoms with Crippen LogP contribution in [0.25, 0.3) is 0 Å². The lowest BCUT2D eigenvalue weighted by Gasteiger charge is -2.36. The van der Waals surface area contributed by atoms with Crippen LogP contribution in [0.2, 0.25) is 5.02 Å². The van der Waals surface area contributed by atoms with Crippen LogP contribution in [0.15, 0.2) is 18.2 Å². The SMILES string of the molecule is CN1CC(Oc2ccc(CC3(N)CC3)cc2Cl)C1. The minimum Gasteiger partial charge on any atom is -0.486 e. The van der Waals surface area contributed by atoms with Crippen molar-refractivity contribution in [3.05, 3.63) is 28.8 Å². The first-order valence-corrected chi connectivity index (χ1v) is 6.84. The normalized spacial score (nSPS) is 22.6. The second kappa shape index (κ2) is 4.41. The van der Waals surface area contributed by atoms with Gasteiger partial charge in [-0.15, -0.1) is 0 Å². The molecule has 4 heteroatoms. The highest BCUT2D eigenvalue weighted by Crippen LogP contribution is 2.37. The fourth-order valence-electron chi connectivity index (χ4n) is 2.39. The number of benzene rings is 1. The summed E-state index contributed by atoms with van der Waals surface area (Å²) >= 11 is 6.26. The summed E-state index contributed by atoms with van der Waals surface area (Å²) in [6.07, 6.45) is 3.44. The van der Waals surface area contributed by atoms with Crippen molar-refractivity contribution in [1.82, 2.24) is 4.90 Å². The molecule has 0 atom stereocenters. The van der Waals surface area contributed by atoms with Gasteiger partial charge < -0.3 is 10.5 Å². The molecule has 3 nitrogen and oxygen atoms in total. The molecule has 1 saturated heterocycles. The van der Waals surface area contributed by atoms with E-state index >= 15 is 0 Å². The quantitative estimate of drug-likeness (QED) is 0.907. The second-order valence-corrected chi connectivity index (χ2v) is 6.17. The third kappa shape index (κ3) is 2.63. The van der Waals surface area contributed by atoms with E-state index in [-0.39, 0.29) is 11.6 Å². The van der Waals surface area contributed by atoms with Crippen LogP contribution in [-0.2, 0) is 6.42 Å². The van der Waals surface area contributed by atoms with Gasteiger partial charge in [0.15, 0.2) is 0 Å². The largest absolute Gasteiger partial charge is 0.486 e. The summed E-state index contributed by atoms with van der Waals surface area (Å²) in [5.41, 5.74) is 7.35. The first-order chi connectivity index (χ1) is 8.54. The van der Waals surface area contributed by atoms with Crippen LogP contribution in [-0.4, -0.2) is 36.7 Å². The van der Waals surface area contributed by atoms with E-state index in [0.29, 0.717) is 5.02 Å². The molecule has 1 aliphatic carbocycles. The molecule has 98 valence electrons. The minimum absolute atomic E-state index is 0.0301. The van der Waals surface area contributed by atoms with Crippen molar-refractivity contribution in [1.29, 1.82) is 0 Å². The van der Waals surface area contributed by atoms with Crippen molar-refractivity contribution in [2.75, 3.05) is 20.1 Å². The van der Waals surface area contributed by atoms with Crippen molar-refractivity contribution in [2.45, 2.75) is 30.9 Å². The lowest BCUT2D eigenvalue weighted by atomic mass is 10.0. The Balaban J connectivity index is 1.65. The van der Waals surface area contributed by atoms with Gasteiger partial charge in [-0.05, 0) is 44.0 Å². The first-order valence-electron chi connectivity index (χ1n) is 6.47. The summed E-state index contributed by atoms with van der Waals surface area (Å²) in [6, 6.07) is 6.05. The van der Waals surface area contributed by atoms with E-state index in [1.165, 1.54) is 5.56 Å². The molecule has 2 aliphatic rings. The number of hydrogen-bond donors (Lipinski definition) is 1. The predicted molar refractivity (Wildman–Crippen MR) is 73.2 cm³/mol. The summed E-state index contributed by atoms with van der Waals surface area (Å²) in [4.78, 5) is 2.22. The predicted octanol–water partition coefficient (Wildman–Crippen LogP) is 2.07. The van der Waals surface area contributed by atoms with Crippen molar-refractivity contribution < 1.29 is 4.74 Å². The van der Waals surface area contributed by atoms with Crippen molar-refractivity contribution in [2.24, 2.45) is 5.73 Å². The molecule has 0 aromatic heterocycles. The van der Waals surface area contributed by atoms with Gasteiger partial charge in [-0.25, -0.2) is 0 Å². The summed E-state index contributed by atoms with van der Waals surface area (Å²) in [5.74, 6) is 0.792. The van der Waals surface area contributed by atoms with Gasteiger partial charge in [0, 0.05) is 18.6 Å². The van der Waals surface area contributed by atoms with Crippen LogP contribution >= 0.6 is 11.6 Å². The third-order valence-electron chi connectivity index (χ3n) is 3.77. The van der Waals surface area contributed by atoms with Gasteiger partial charge in [-0.2, -0.15) is 0 Å². The molecule has 1 aromatic rings. The highest BCUT2D eigenvalue weighted by Gasteiger charge is 2.38. The van der Waals surface area contributed by atoms with E-state index in [9.17, 15) is 0 Å². The van der Waals surface area contributed by atoms with Gasteiger partial charge in [-0.1, -0.05) is 17.7 Å². The molecule has 2 N–H and O–H groups in total. The zero-order chi connectivity index (χ0) is 12.8. The Labute approximate surface area is 113 Å². The van der Waals surface area contributed by atoms with Crippen molar-refractivity contribution in [3.8, 4) is 5.75 Å². The zero-order valence-corrected chi connectivity index (χ0v) is 11.4. The van der Waals surface area contributed by atoms with Crippen LogP contribution < -0.4 is 10.5 Å². The number of likely N-dealkylation sites (tertiary alicyclic amines) is 1. The molecule has 0 bridgehead atoms. The number of hydrogen-bond acceptors (Lipinski definition) is 3. The molecular formula is C14H19ClN2O. The molecule has 2 fully saturated rings. The van der Waals surface area contributed by atoms with Crippen LogP contribution in [0, 0.1) is 0 Å². The number of likely N-dealkylation sites (N-methyl/N-ethyl adjacent to an activating group) is 1. The average molecular weight is 267 g/mol. The molecule has 18 heavy (non-hydrogen) atoms. The van der Waals surface area contributed by atoms with E-state index in [0.717, 1.165) is 38.1 Å². The maximum absolute atomic E-state index is 6.26. The van der Waals surface area contributed by atoms with Gasteiger partial charge in [0.25, 0.3) is 0 Å². The highest BCUT2D eigenvalue weighted by molar-refractivity contribution is 6.32. The maximum Gasteiger partial charge on any atom is 0.138 e. The summed E-state index contributed by atoms with van der Waals surface area (Å²) < 4.78 is 5.85. The lowest BCUT2D eigenvalue weighted by molar-refractivity contribution is 0.0389. The fraction of sp³-hybridized carbons (Fsp3) is 0.571. The number of nitrogens with two attached hydrogens (primary N) is 1. The standard InChI is InChI=1S/C14H19ClN2O/c1-17-8-11(9-17)18-13-3-2-10(6-12(13)15)7-14(16)4-5-14/h2-3,6,11H,4-5,7-9,16H2,1H3. The van der Waals surface area contributed by atoms with E-state index in [4.69, 9.17) is 22.1 Å². The molecular weight excluding hydrogens is 248 g/mol. The van der Waals surface area contributed by atoms with Crippen LogP contribution in [0.4, 0.5) is 0 Å². The number of nitrogens with zero attached hydrogens (tertiary/aromatic N) is 1. The minimum atomic E-state index is 0.0301. The van der Waals surface area contributed by atoms with Crippen LogP contribution in [0.3, 0.4) is 0 Å². The van der Waals surface area contributed by atoms with E-state index in [2.05, 4.69) is 18.0 Å². The van der Waals surface area contributed by atoms with Crippen LogP contribution in [0.1, 0.15) is 18.4 Å². The monoisotopic (exact) mass is 266 g/mol. The fourth-order valence-corrected chi connectivity index (χ4v) is 2.64. The number of ether oxygens (including phenoxy) is 1. The Morgan fingerprint density at radius 2 is 2.17 bits per heavy atom. The van der Waals surface area contributed by atoms with E-state index in [1.807, 2.05) is 12.1 Å². The summed E-state index contributed by atoms with van der Waals surface area (Å²) in [7, 11) is 2.08. The molecule has 0 unspecified atom stereocenters. The number of rotatable bonds is 4. The highest BCUT2D eigenvalue weighted by atomic mass is 35.5. The van der Waals surface area contributed by atoms with E-state index in [1.54, 1.807) is 0 Å². The van der Waals surface area contributed by atoms with Gasteiger partial charge in [0.2, 0.25) is 0 Å². The molecule has 0 spiro atoms. The Kier molecular flexibility index (Phi) is 3.00. The molecule has 0 radical (unpaired) electrons. The molecule has 1 saturated carbocycles.